The number of hydrogen-bond donors (Lipinski definition) is 0. The van der Waals surface area contributed by atoms with Crippen LogP contribution in [0.3, 0.4) is 0 Å². The van der Waals surface area contributed by atoms with Crippen molar-refractivity contribution in [3.63, 3.8) is 0 Å². The van der Waals surface area contributed by atoms with E-state index in [1.54, 1.807) is 39.7 Å². The van der Waals surface area contributed by atoms with Gasteiger partial charge in [0.1, 0.15) is 5.82 Å². The number of carbonyl (C=O) groups excluding carboxylic acids is 1. The maximum absolute atomic E-state index is 15.7. The van der Waals surface area contributed by atoms with Gasteiger partial charge in [-0.15, -0.1) is 0 Å². The van der Waals surface area contributed by atoms with Crippen molar-refractivity contribution in [3.8, 4) is 11.6 Å². The van der Waals surface area contributed by atoms with Crippen LogP contribution in [0.1, 0.15) is 45.5 Å². The number of hydrogen-bond acceptors (Lipinski definition) is 5. The zero-order valence-electron chi connectivity index (χ0n) is 22.7. The monoisotopic (exact) mass is 603 g/mol. The van der Waals surface area contributed by atoms with Crippen LogP contribution in [0, 0.1) is 26.6 Å². The molecule has 4 heterocycles. The second-order valence-corrected chi connectivity index (χ2v) is 11.3. The average Bonchev–Trinajstić information content (AvgIpc) is 3.45. The highest BCUT2D eigenvalue weighted by Gasteiger charge is 2.33. The van der Waals surface area contributed by atoms with Crippen molar-refractivity contribution in [1.82, 2.24) is 33.8 Å². The largest absolute Gasteiger partial charge is 0.334 e. The Balaban J connectivity index is 1.54. The summed E-state index contributed by atoms with van der Waals surface area (Å²) in [4.78, 5) is 38.7. The van der Waals surface area contributed by atoms with E-state index in [0.717, 1.165) is 21.4 Å². The van der Waals surface area contributed by atoms with Crippen LogP contribution in [0.2, 0.25) is 0 Å². The molecular weight excluding hydrogens is 577 g/mol. The van der Waals surface area contributed by atoms with Crippen molar-refractivity contribution in [1.29, 1.82) is 0 Å². The average molecular weight is 604 g/mol. The quantitative estimate of drug-likeness (QED) is 0.298. The first-order valence-corrected chi connectivity index (χ1v) is 13.7. The molecule has 40 heavy (non-hydrogen) atoms. The van der Waals surface area contributed by atoms with Crippen LogP contribution in [0.5, 0.6) is 0 Å². The molecule has 0 aliphatic carbocycles. The topological polar surface area (TPSA) is 90.8 Å². The number of aryl methyl sites for hydroxylation is 4. The van der Waals surface area contributed by atoms with Gasteiger partial charge in [0.15, 0.2) is 0 Å². The molecule has 11 heteroatoms. The second-order valence-electron chi connectivity index (χ2n) is 10.4. The fourth-order valence-corrected chi connectivity index (χ4v) is 5.61. The van der Waals surface area contributed by atoms with E-state index in [4.69, 9.17) is 4.98 Å². The Morgan fingerprint density at radius 3 is 2.60 bits per heavy atom. The molecule has 9 nitrogen and oxygen atoms in total. The van der Waals surface area contributed by atoms with Crippen LogP contribution in [0.15, 0.2) is 52.0 Å². The lowest BCUT2D eigenvalue weighted by Crippen LogP contribution is -2.46. The summed E-state index contributed by atoms with van der Waals surface area (Å²) in [5, 5.41) is 4.55. The van der Waals surface area contributed by atoms with Gasteiger partial charge in [-0.05, 0) is 70.0 Å². The van der Waals surface area contributed by atoms with Crippen molar-refractivity contribution < 1.29 is 9.18 Å². The minimum Gasteiger partial charge on any atom is -0.334 e. The van der Waals surface area contributed by atoms with Crippen LogP contribution >= 0.6 is 15.9 Å². The van der Waals surface area contributed by atoms with E-state index in [1.807, 2.05) is 45.9 Å². The molecule has 0 fully saturated rings. The summed E-state index contributed by atoms with van der Waals surface area (Å²) in [6.07, 6.45) is 1.89. The summed E-state index contributed by atoms with van der Waals surface area (Å²) in [7, 11) is 1.78. The van der Waals surface area contributed by atoms with E-state index in [1.165, 1.54) is 10.6 Å². The van der Waals surface area contributed by atoms with E-state index in [0.29, 0.717) is 27.9 Å². The number of rotatable bonds is 3. The third kappa shape index (κ3) is 4.16. The molecule has 204 valence electrons. The molecule has 0 bridgehead atoms. The Morgan fingerprint density at radius 1 is 1.12 bits per heavy atom. The van der Waals surface area contributed by atoms with Crippen LogP contribution in [-0.4, -0.2) is 45.7 Å². The number of carbonyl (C=O) groups is 1. The highest BCUT2D eigenvalue weighted by atomic mass is 79.9. The molecule has 1 atom stereocenters. The highest BCUT2D eigenvalue weighted by Crippen LogP contribution is 2.28. The summed E-state index contributed by atoms with van der Waals surface area (Å²) in [5.74, 6) is -0.557. The van der Waals surface area contributed by atoms with Gasteiger partial charge in [0.2, 0.25) is 5.95 Å². The molecule has 0 N–H and O–H groups in total. The third-order valence-electron chi connectivity index (χ3n) is 7.50. The molecule has 0 saturated heterocycles. The minimum absolute atomic E-state index is 0.0468. The van der Waals surface area contributed by atoms with Crippen LogP contribution in [0.4, 0.5) is 4.39 Å². The Bertz CT molecular complexity index is 1900. The van der Waals surface area contributed by atoms with Crippen LogP contribution < -0.4 is 5.56 Å². The number of benzene rings is 2. The van der Waals surface area contributed by atoms with Crippen molar-refractivity contribution in [3.05, 3.63) is 97.1 Å². The number of aromatic nitrogens is 6. The first kappa shape index (κ1) is 26.1. The van der Waals surface area contributed by atoms with Gasteiger partial charge in [-0.2, -0.15) is 5.10 Å². The molecule has 5 aromatic rings. The number of amides is 1. The fraction of sp³-hybridized carbons (Fsp3) is 0.276. The molecular formula is C29H27BrFN7O2. The zero-order chi connectivity index (χ0) is 28.5. The number of halogens is 2. The van der Waals surface area contributed by atoms with E-state index in [-0.39, 0.29) is 42.1 Å². The highest BCUT2D eigenvalue weighted by molar-refractivity contribution is 9.10. The lowest BCUT2D eigenvalue weighted by Gasteiger charge is -2.34. The maximum atomic E-state index is 15.7. The van der Waals surface area contributed by atoms with E-state index in [9.17, 15) is 9.59 Å². The Labute approximate surface area is 238 Å². The number of imidazole rings is 1. The van der Waals surface area contributed by atoms with Crippen molar-refractivity contribution >= 4 is 32.9 Å². The van der Waals surface area contributed by atoms with E-state index in [2.05, 4.69) is 26.0 Å². The normalized spacial score (nSPS) is 15.1. The molecule has 0 radical (unpaired) electrons. The van der Waals surface area contributed by atoms with Gasteiger partial charge < -0.3 is 9.47 Å². The van der Waals surface area contributed by atoms with Crippen LogP contribution in [-0.2, 0) is 20.0 Å². The van der Waals surface area contributed by atoms with E-state index < -0.39 is 5.82 Å². The molecule has 0 saturated carbocycles. The Kier molecular flexibility index (Phi) is 6.21. The first-order valence-electron chi connectivity index (χ1n) is 12.9. The van der Waals surface area contributed by atoms with Crippen LogP contribution in [0.25, 0.3) is 22.7 Å². The van der Waals surface area contributed by atoms with Gasteiger partial charge in [0, 0.05) is 40.4 Å². The fourth-order valence-electron chi connectivity index (χ4n) is 5.36. The van der Waals surface area contributed by atoms with Crippen molar-refractivity contribution in [2.45, 2.75) is 46.7 Å². The molecule has 0 spiro atoms. The van der Waals surface area contributed by atoms with E-state index >= 15 is 4.39 Å². The maximum Gasteiger partial charge on any atom is 0.263 e. The lowest BCUT2D eigenvalue weighted by atomic mass is 9.98. The standard InChI is InChI=1S/C29H27BrFN7O2/c1-15-8-19(6-7-21(15)30)27(39)36-13-24-20(10-17(36)3)28(40)37(29(33-24)38-18(4)9-16(2)34-38)25-12-23-26(11-22(25)31)35(5)14-32-23/h6-9,11-12,14,17H,10,13H2,1-5H3. The summed E-state index contributed by atoms with van der Waals surface area (Å²) >= 11 is 3.49. The minimum atomic E-state index is -0.575. The smallest absolute Gasteiger partial charge is 0.263 e. The van der Waals surface area contributed by atoms with Gasteiger partial charge in [0.05, 0.1) is 41.0 Å². The van der Waals surface area contributed by atoms with Gasteiger partial charge in [-0.1, -0.05) is 15.9 Å². The number of nitrogens with zero attached hydrogens (tertiary/aromatic N) is 7. The Hall–Kier alpha value is -4.12. The van der Waals surface area contributed by atoms with Gasteiger partial charge in [-0.3, -0.25) is 9.59 Å². The molecule has 1 amide bonds. The zero-order valence-corrected chi connectivity index (χ0v) is 24.3. The summed E-state index contributed by atoms with van der Waals surface area (Å²) in [6.45, 7) is 7.68. The lowest BCUT2D eigenvalue weighted by molar-refractivity contribution is 0.0652. The molecule has 1 unspecified atom stereocenters. The summed E-state index contributed by atoms with van der Waals surface area (Å²) in [6, 6.07) is 10.0. The Morgan fingerprint density at radius 2 is 1.90 bits per heavy atom. The second kappa shape index (κ2) is 9.51. The van der Waals surface area contributed by atoms with Gasteiger partial charge >= 0.3 is 0 Å². The molecule has 3 aromatic heterocycles. The number of fused-ring (bicyclic) bond motifs is 2. The van der Waals surface area contributed by atoms with Crippen molar-refractivity contribution in [2.75, 3.05) is 0 Å². The predicted octanol–water partition coefficient (Wildman–Crippen LogP) is 4.72. The SMILES string of the molecule is Cc1cc(C)n(-c2nc3c(c(=O)n2-c2cc4ncn(C)c4cc2F)CC(C)N(C(=O)c2ccc(Br)c(C)c2)C3)n1. The predicted molar refractivity (Wildman–Crippen MR) is 153 cm³/mol. The van der Waals surface area contributed by atoms with Crippen molar-refractivity contribution in [2.24, 2.45) is 7.05 Å². The molecule has 1 aliphatic heterocycles. The summed E-state index contributed by atoms with van der Waals surface area (Å²) < 4.78 is 21.1. The van der Waals surface area contributed by atoms with Gasteiger partial charge in [-0.25, -0.2) is 23.6 Å². The summed E-state index contributed by atoms with van der Waals surface area (Å²) in [5.41, 5.74) is 4.73. The first-order chi connectivity index (χ1) is 19.0. The molecule has 2 aromatic carbocycles. The molecule has 1 aliphatic rings. The van der Waals surface area contributed by atoms with Gasteiger partial charge in [0.25, 0.3) is 11.5 Å². The third-order valence-corrected chi connectivity index (χ3v) is 8.39. The molecule has 6 rings (SSSR count).